The number of nitrogens with one attached hydrogen (secondary N) is 1. The van der Waals surface area contributed by atoms with E-state index in [0.29, 0.717) is 19.4 Å². The van der Waals surface area contributed by atoms with Crippen LogP contribution >= 0.6 is 0 Å². The highest BCUT2D eigenvalue weighted by atomic mass is 16.2. The summed E-state index contributed by atoms with van der Waals surface area (Å²) in [5.41, 5.74) is -1.44. The highest BCUT2D eigenvalue weighted by molar-refractivity contribution is 6.01. The van der Waals surface area contributed by atoms with Gasteiger partial charge in [0.2, 0.25) is 11.8 Å². The minimum Gasteiger partial charge on any atom is -0.340 e. The summed E-state index contributed by atoms with van der Waals surface area (Å²) in [5, 5.41) is 2.98. The average molecular weight is 296 g/mol. The number of amides is 2. The predicted molar refractivity (Wildman–Crippen MR) is 86.0 cm³/mol. The van der Waals surface area contributed by atoms with Gasteiger partial charge >= 0.3 is 0 Å². The normalized spacial score (nSPS) is 20.5. The van der Waals surface area contributed by atoms with Gasteiger partial charge in [-0.1, -0.05) is 46.5 Å². The van der Waals surface area contributed by atoms with Gasteiger partial charge < -0.3 is 10.2 Å². The fourth-order valence-corrected chi connectivity index (χ4v) is 3.04. The third kappa shape index (κ3) is 3.58. The molecule has 0 unspecified atom stereocenters. The van der Waals surface area contributed by atoms with Crippen LogP contribution in [0.5, 0.6) is 0 Å². The first-order chi connectivity index (χ1) is 9.85. The number of carbonyl (C=O) groups excluding carboxylic acids is 2. The van der Waals surface area contributed by atoms with Crippen LogP contribution in [0.2, 0.25) is 0 Å². The summed E-state index contributed by atoms with van der Waals surface area (Å²) in [6, 6.07) is 0. The van der Waals surface area contributed by atoms with Gasteiger partial charge in [0.25, 0.3) is 0 Å². The Kier molecular flexibility index (Phi) is 6.24. The number of hydrogen-bond donors (Lipinski definition) is 1. The largest absolute Gasteiger partial charge is 0.340 e. The smallest absolute Gasteiger partial charge is 0.249 e. The molecule has 0 aromatic carbocycles. The van der Waals surface area contributed by atoms with E-state index in [1.807, 2.05) is 32.6 Å². The first kappa shape index (κ1) is 18.0. The van der Waals surface area contributed by atoms with Crippen molar-refractivity contribution in [3.8, 4) is 0 Å². The second-order valence-electron chi connectivity index (χ2n) is 6.67. The standard InChI is InChI=1S/C17H32N2O2/c1-6-9-10-11-12-13-19-15(21)17(7-2,8-3)18-14(20)16(19,4)5/h6-13H2,1-5H3,(H,18,20). The number of carbonyl (C=O) groups is 2. The van der Waals surface area contributed by atoms with E-state index in [0.717, 1.165) is 12.8 Å². The number of piperazine rings is 1. The quantitative estimate of drug-likeness (QED) is 0.699. The van der Waals surface area contributed by atoms with Gasteiger partial charge in [0.1, 0.15) is 11.1 Å². The number of rotatable bonds is 8. The molecule has 4 nitrogen and oxygen atoms in total. The van der Waals surface area contributed by atoms with E-state index in [-0.39, 0.29) is 11.8 Å². The summed E-state index contributed by atoms with van der Waals surface area (Å²) in [6.07, 6.45) is 7.06. The highest BCUT2D eigenvalue weighted by Gasteiger charge is 2.52. The Hall–Kier alpha value is -1.06. The molecular formula is C17H32N2O2. The molecule has 1 N–H and O–H groups in total. The zero-order chi connectivity index (χ0) is 16.1. The summed E-state index contributed by atoms with van der Waals surface area (Å²) in [6.45, 7) is 10.5. The lowest BCUT2D eigenvalue weighted by Crippen LogP contribution is -2.73. The summed E-state index contributed by atoms with van der Waals surface area (Å²) >= 11 is 0. The van der Waals surface area contributed by atoms with Gasteiger partial charge in [0.15, 0.2) is 0 Å². The van der Waals surface area contributed by atoms with E-state index >= 15 is 0 Å². The van der Waals surface area contributed by atoms with Crippen molar-refractivity contribution >= 4 is 11.8 Å². The van der Waals surface area contributed by atoms with Crippen molar-refractivity contribution in [2.45, 2.75) is 90.6 Å². The molecule has 0 atom stereocenters. The predicted octanol–water partition coefficient (Wildman–Crippen LogP) is 3.25. The van der Waals surface area contributed by atoms with Crippen molar-refractivity contribution in [3.05, 3.63) is 0 Å². The van der Waals surface area contributed by atoms with Gasteiger partial charge in [0, 0.05) is 6.54 Å². The van der Waals surface area contributed by atoms with Crippen LogP contribution in [0.25, 0.3) is 0 Å². The average Bonchev–Trinajstić information content (AvgIpc) is 2.46. The molecule has 0 aliphatic carbocycles. The second kappa shape index (κ2) is 7.28. The fraction of sp³-hybridized carbons (Fsp3) is 0.882. The van der Waals surface area contributed by atoms with Crippen LogP contribution in [0.4, 0.5) is 0 Å². The summed E-state index contributed by atoms with van der Waals surface area (Å²) in [4.78, 5) is 27.1. The van der Waals surface area contributed by atoms with E-state index < -0.39 is 11.1 Å². The molecule has 0 bridgehead atoms. The van der Waals surface area contributed by atoms with Gasteiger partial charge in [-0.05, 0) is 33.1 Å². The lowest BCUT2D eigenvalue weighted by Gasteiger charge is -2.49. The summed E-state index contributed by atoms with van der Waals surface area (Å²) < 4.78 is 0. The minimum atomic E-state index is -0.740. The molecule has 2 amide bonds. The lowest BCUT2D eigenvalue weighted by atomic mass is 9.83. The summed E-state index contributed by atoms with van der Waals surface area (Å²) in [7, 11) is 0. The Bertz CT molecular complexity index is 373. The van der Waals surface area contributed by atoms with Crippen LogP contribution in [-0.4, -0.2) is 34.3 Å². The van der Waals surface area contributed by atoms with E-state index in [4.69, 9.17) is 0 Å². The number of nitrogens with zero attached hydrogens (tertiary/aromatic N) is 1. The van der Waals surface area contributed by atoms with Crippen molar-refractivity contribution in [2.75, 3.05) is 6.54 Å². The molecule has 1 fully saturated rings. The molecule has 1 heterocycles. The van der Waals surface area contributed by atoms with E-state index in [9.17, 15) is 9.59 Å². The van der Waals surface area contributed by atoms with Crippen LogP contribution in [0.3, 0.4) is 0 Å². The molecule has 0 radical (unpaired) electrons. The summed E-state index contributed by atoms with van der Waals surface area (Å²) in [5.74, 6) is 0.0620. The third-order valence-electron chi connectivity index (χ3n) is 4.93. The van der Waals surface area contributed by atoms with Crippen LogP contribution in [0, 0.1) is 0 Å². The first-order valence-electron chi connectivity index (χ1n) is 8.50. The SMILES string of the molecule is CCCCCCCN1C(=O)C(CC)(CC)NC(=O)C1(C)C. The maximum atomic E-state index is 12.9. The van der Waals surface area contributed by atoms with E-state index in [1.54, 1.807) is 0 Å². The lowest BCUT2D eigenvalue weighted by molar-refractivity contribution is -0.161. The monoisotopic (exact) mass is 296 g/mol. The Morgan fingerprint density at radius 2 is 1.52 bits per heavy atom. The van der Waals surface area contributed by atoms with E-state index in [2.05, 4.69) is 12.2 Å². The van der Waals surface area contributed by atoms with Crippen molar-refractivity contribution < 1.29 is 9.59 Å². The molecule has 0 saturated carbocycles. The molecule has 1 rings (SSSR count). The molecule has 1 aliphatic heterocycles. The molecule has 4 heteroatoms. The van der Waals surface area contributed by atoms with Crippen LogP contribution in [-0.2, 0) is 9.59 Å². The number of unbranched alkanes of at least 4 members (excludes halogenated alkanes) is 4. The first-order valence-corrected chi connectivity index (χ1v) is 8.50. The Labute approximate surface area is 129 Å². The molecule has 1 aliphatic rings. The van der Waals surface area contributed by atoms with Crippen molar-refractivity contribution in [1.82, 2.24) is 10.2 Å². The molecule has 21 heavy (non-hydrogen) atoms. The van der Waals surface area contributed by atoms with Gasteiger partial charge in [0.05, 0.1) is 0 Å². The van der Waals surface area contributed by atoms with Crippen molar-refractivity contribution in [1.29, 1.82) is 0 Å². The molecule has 0 aromatic heterocycles. The minimum absolute atomic E-state index is 0.0284. The van der Waals surface area contributed by atoms with Crippen LogP contribution in [0.1, 0.15) is 79.6 Å². The zero-order valence-electron chi connectivity index (χ0n) is 14.4. The molecule has 122 valence electrons. The molecule has 1 saturated heterocycles. The fourth-order valence-electron chi connectivity index (χ4n) is 3.04. The van der Waals surface area contributed by atoms with Crippen LogP contribution in [0.15, 0.2) is 0 Å². The Morgan fingerprint density at radius 1 is 0.952 bits per heavy atom. The number of hydrogen-bond acceptors (Lipinski definition) is 2. The maximum absolute atomic E-state index is 12.9. The van der Waals surface area contributed by atoms with Crippen LogP contribution < -0.4 is 5.32 Å². The topological polar surface area (TPSA) is 49.4 Å². The maximum Gasteiger partial charge on any atom is 0.249 e. The highest BCUT2D eigenvalue weighted by Crippen LogP contribution is 2.30. The van der Waals surface area contributed by atoms with Gasteiger partial charge in [-0.3, -0.25) is 9.59 Å². The molecular weight excluding hydrogens is 264 g/mol. The van der Waals surface area contributed by atoms with Gasteiger partial charge in [-0.15, -0.1) is 0 Å². The van der Waals surface area contributed by atoms with E-state index in [1.165, 1.54) is 19.3 Å². The van der Waals surface area contributed by atoms with Crippen molar-refractivity contribution in [2.24, 2.45) is 0 Å². The molecule has 0 spiro atoms. The third-order valence-corrected chi connectivity index (χ3v) is 4.93. The van der Waals surface area contributed by atoms with Gasteiger partial charge in [-0.2, -0.15) is 0 Å². The van der Waals surface area contributed by atoms with Crippen molar-refractivity contribution in [3.63, 3.8) is 0 Å². The zero-order valence-corrected chi connectivity index (χ0v) is 14.4. The molecule has 0 aromatic rings. The Balaban J connectivity index is 2.80. The Morgan fingerprint density at radius 3 is 2.05 bits per heavy atom. The van der Waals surface area contributed by atoms with Gasteiger partial charge in [-0.25, -0.2) is 0 Å². The second-order valence-corrected chi connectivity index (χ2v) is 6.67.